The Bertz CT molecular complexity index is 1620. The molecule has 2 amide bonds. The van der Waals surface area contributed by atoms with E-state index >= 15 is 0 Å². The van der Waals surface area contributed by atoms with Crippen LogP contribution >= 0.6 is 0 Å². The van der Waals surface area contributed by atoms with Crippen molar-refractivity contribution < 1.29 is 33.3 Å². The van der Waals surface area contributed by atoms with E-state index in [1.165, 1.54) is 11.1 Å². The van der Waals surface area contributed by atoms with Gasteiger partial charge in [-0.25, -0.2) is 4.79 Å². The van der Waals surface area contributed by atoms with Gasteiger partial charge in [-0.15, -0.1) is 0 Å². The molecule has 0 aliphatic heterocycles. The molecule has 234 valence electrons. The fourth-order valence-corrected chi connectivity index (χ4v) is 5.06. The zero-order valence-electron chi connectivity index (χ0n) is 25.7. The molecule has 1 aliphatic rings. The summed E-state index contributed by atoms with van der Waals surface area (Å²) in [5.74, 6) is 1.86. The maximum Gasteiger partial charge on any atom is 0.407 e. The van der Waals surface area contributed by atoms with Gasteiger partial charge in [-0.1, -0.05) is 66.7 Å². The van der Waals surface area contributed by atoms with Gasteiger partial charge < -0.3 is 40.5 Å². The average molecular weight is 612 g/mol. The predicted molar refractivity (Wildman–Crippen MR) is 175 cm³/mol. The Hall–Kier alpha value is -5.64. The molecule has 45 heavy (non-hydrogen) atoms. The minimum atomic E-state index is -0.638. The van der Waals surface area contributed by atoms with Crippen molar-refractivity contribution in [2.24, 2.45) is 5.73 Å². The molecule has 0 saturated heterocycles. The number of nitrogens with two attached hydrogens (primary N) is 2. The number of fused-ring (bicyclic) bond motifs is 3. The van der Waals surface area contributed by atoms with Crippen LogP contribution in [0, 0.1) is 0 Å². The molecule has 5 N–H and O–H groups in total. The van der Waals surface area contributed by atoms with Crippen molar-refractivity contribution in [2.45, 2.75) is 5.92 Å². The Morgan fingerprint density at radius 3 is 1.80 bits per heavy atom. The molecule has 10 heteroatoms. The number of nitrogens with one attached hydrogen (secondary N) is 1. The highest BCUT2D eigenvalue weighted by atomic mass is 16.5. The molecule has 0 unspecified atom stereocenters. The lowest BCUT2D eigenvalue weighted by Gasteiger charge is -2.14. The van der Waals surface area contributed by atoms with Gasteiger partial charge in [-0.2, -0.15) is 0 Å². The number of rotatable bonds is 10. The van der Waals surface area contributed by atoms with Crippen LogP contribution in [0.5, 0.6) is 23.0 Å². The number of primary amides is 1. The maximum absolute atomic E-state index is 11.6. The van der Waals surface area contributed by atoms with Crippen LogP contribution in [-0.2, 0) is 9.53 Å². The van der Waals surface area contributed by atoms with Crippen molar-refractivity contribution in [2.75, 3.05) is 47.3 Å². The van der Waals surface area contributed by atoms with Gasteiger partial charge in [-0.3, -0.25) is 4.79 Å². The van der Waals surface area contributed by atoms with Crippen LogP contribution in [0.2, 0.25) is 0 Å². The molecule has 5 rings (SSSR count). The molecule has 10 nitrogen and oxygen atoms in total. The number of carbonyl (C=O) groups is 2. The maximum atomic E-state index is 11.6. The summed E-state index contributed by atoms with van der Waals surface area (Å²) >= 11 is 0. The van der Waals surface area contributed by atoms with Crippen LogP contribution in [0.25, 0.3) is 23.3 Å². The van der Waals surface area contributed by atoms with Crippen LogP contribution in [0.15, 0.2) is 78.9 Å². The number of ether oxygens (including phenoxy) is 5. The molecule has 4 aromatic carbocycles. The van der Waals surface area contributed by atoms with E-state index in [-0.39, 0.29) is 19.1 Å². The summed E-state index contributed by atoms with van der Waals surface area (Å²) in [6.45, 7) is -0.00467. The Morgan fingerprint density at radius 1 is 0.733 bits per heavy atom. The summed E-state index contributed by atoms with van der Waals surface area (Å²) < 4.78 is 26.4. The van der Waals surface area contributed by atoms with Gasteiger partial charge in [0.2, 0.25) is 11.7 Å². The number of amides is 2. The number of hydrogen-bond donors (Lipinski definition) is 3. The molecular weight excluding hydrogens is 574 g/mol. The summed E-state index contributed by atoms with van der Waals surface area (Å²) in [5, 5.41) is 2.32. The molecule has 1 aliphatic carbocycles. The van der Waals surface area contributed by atoms with Crippen LogP contribution in [-0.4, -0.2) is 53.6 Å². The van der Waals surface area contributed by atoms with Gasteiger partial charge in [0.25, 0.3) is 0 Å². The molecule has 0 bridgehead atoms. The monoisotopic (exact) mass is 611 g/mol. The number of methoxy groups -OCH3 is 4. The quantitative estimate of drug-likeness (QED) is 0.158. The van der Waals surface area contributed by atoms with Gasteiger partial charge in [0.05, 0.1) is 40.7 Å². The predicted octanol–water partition coefficient (Wildman–Crippen LogP) is 5.48. The number of anilines is 1. The fraction of sp³-hybridized carbons (Fsp3) is 0.200. The normalized spacial score (nSPS) is 11.5. The van der Waals surface area contributed by atoms with E-state index in [0.29, 0.717) is 28.7 Å². The third-order valence-electron chi connectivity index (χ3n) is 7.16. The van der Waals surface area contributed by atoms with Gasteiger partial charge in [0.15, 0.2) is 11.5 Å². The number of nitrogen functional groups attached to an aromatic ring is 1. The average Bonchev–Trinajstić information content (AvgIpc) is 3.38. The Morgan fingerprint density at radius 2 is 1.29 bits per heavy atom. The first kappa shape index (κ1) is 32.3. The highest BCUT2D eigenvalue weighted by molar-refractivity contribution is 5.81. The SMILES string of the molecule is COc1ccc(C=Cc2cc(OC)c(OC)c(OC)c2)cc1N.NC(=O)CNC(=O)OCC1c2ccccc2-c2ccccc21. The van der Waals surface area contributed by atoms with E-state index in [9.17, 15) is 9.59 Å². The van der Waals surface area contributed by atoms with Gasteiger partial charge in [0, 0.05) is 5.92 Å². The molecule has 0 spiro atoms. The minimum absolute atomic E-state index is 0.00623. The molecule has 0 saturated carbocycles. The molecule has 0 aromatic heterocycles. The second-order valence-corrected chi connectivity index (χ2v) is 9.94. The molecule has 0 radical (unpaired) electrons. The summed E-state index contributed by atoms with van der Waals surface area (Å²) in [7, 11) is 6.36. The highest BCUT2D eigenvalue weighted by Gasteiger charge is 2.29. The van der Waals surface area contributed by atoms with Crippen LogP contribution in [0.1, 0.15) is 28.2 Å². The fourth-order valence-electron chi connectivity index (χ4n) is 5.06. The molecule has 0 heterocycles. The largest absolute Gasteiger partial charge is 0.495 e. The van der Waals surface area contributed by atoms with E-state index in [0.717, 1.165) is 22.3 Å². The Labute approximate surface area is 262 Å². The van der Waals surface area contributed by atoms with Crippen molar-refractivity contribution >= 4 is 29.8 Å². The summed E-state index contributed by atoms with van der Waals surface area (Å²) in [6, 6.07) is 25.6. The van der Waals surface area contributed by atoms with Gasteiger partial charge in [-0.05, 0) is 57.6 Å². The highest BCUT2D eigenvalue weighted by Crippen LogP contribution is 2.44. The molecule has 0 fully saturated rings. The van der Waals surface area contributed by atoms with Crippen molar-refractivity contribution in [1.82, 2.24) is 5.32 Å². The summed E-state index contributed by atoms with van der Waals surface area (Å²) in [6.07, 6.45) is 3.27. The minimum Gasteiger partial charge on any atom is -0.495 e. The number of alkyl carbamates (subject to hydrolysis) is 1. The van der Waals surface area contributed by atoms with Gasteiger partial charge in [0.1, 0.15) is 12.4 Å². The lowest BCUT2D eigenvalue weighted by molar-refractivity contribution is -0.117. The number of carbonyl (C=O) groups excluding carboxylic acids is 2. The van der Waals surface area contributed by atoms with E-state index in [2.05, 4.69) is 17.4 Å². The zero-order chi connectivity index (χ0) is 32.3. The number of benzene rings is 4. The van der Waals surface area contributed by atoms with E-state index < -0.39 is 12.0 Å². The van der Waals surface area contributed by atoms with Crippen LogP contribution < -0.4 is 35.7 Å². The van der Waals surface area contributed by atoms with E-state index in [1.54, 1.807) is 28.4 Å². The van der Waals surface area contributed by atoms with Gasteiger partial charge >= 0.3 is 6.09 Å². The van der Waals surface area contributed by atoms with Crippen LogP contribution in [0.3, 0.4) is 0 Å². The van der Waals surface area contributed by atoms with Crippen molar-refractivity contribution in [3.8, 4) is 34.1 Å². The van der Waals surface area contributed by atoms with Crippen molar-refractivity contribution in [3.63, 3.8) is 0 Å². The third kappa shape index (κ3) is 7.85. The first-order valence-electron chi connectivity index (χ1n) is 14.1. The molecular formula is C35H37N3O7. The first-order chi connectivity index (χ1) is 21.8. The third-order valence-corrected chi connectivity index (χ3v) is 7.16. The summed E-state index contributed by atoms with van der Waals surface area (Å²) in [5.41, 5.74) is 18.0. The zero-order valence-corrected chi connectivity index (χ0v) is 25.7. The summed E-state index contributed by atoms with van der Waals surface area (Å²) in [4.78, 5) is 22.2. The van der Waals surface area contributed by atoms with E-state index in [1.807, 2.05) is 78.9 Å². The van der Waals surface area contributed by atoms with E-state index in [4.69, 9.17) is 35.2 Å². The number of hydrogen-bond acceptors (Lipinski definition) is 8. The second kappa shape index (κ2) is 15.2. The lowest BCUT2D eigenvalue weighted by atomic mass is 9.98. The lowest BCUT2D eigenvalue weighted by Crippen LogP contribution is -2.34. The Balaban J connectivity index is 0.000000205. The Kier molecular flexibility index (Phi) is 10.9. The standard InChI is InChI=1S/C18H21NO4.C17H16N2O3/c1-20-15-8-7-12(9-14(15)19)5-6-13-10-16(21-2)18(23-4)17(11-13)22-3;18-16(20)9-19-17(21)22-10-15-13-7-3-1-5-11(13)12-6-2-4-8-14(12)15/h5-11H,19H2,1-4H3;1-8,15H,9-10H2,(H2,18,20)(H,19,21). The smallest absolute Gasteiger partial charge is 0.407 e. The molecule has 4 aromatic rings. The molecule has 0 atom stereocenters. The van der Waals surface area contributed by atoms with Crippen molar-refractivity contribution in [1.29, 1.82) is 0 Å². The van der Waals surface area contributed by atoms with Crippen LogP contribution in [0.4, 0.5) is 10.5 Å². The first-order valence-corrected chi connectivity index (χ1v) is 14.1. The van der Waals surface area contributed by atoms with Crippen molar-refractivity contribution in [3.05, 3.63) is 101 Å². The second-order valence-electron chi connectivity index (χ2n) is 9.94. The topological polar surface area (TPSA) is 144 Å².